The third kappa shape index (κ3) is 14.8. The van der Waals surface area contributed by atoms with E-state index in [2.05, 4.69) is 36.2 Å². The fourth-order valence-electron chi connectivity index (χ4n) is 3.59. The van der Waals surface area contributed by atoms with E-state index in [9.17, 15) is 9.59 Å². The molecule has 0 saturated carbocycles. The van der Waals surface area contributed by atoms with Gasteiger partial charge in [0.05, 0.1) is 12.9 Å². The van der Waals surface area contributed by atoms with Gasteiger partial charge in [-0.3, -0.25) is 4.79 Å². The van der Waals surface area contributed by atoms with Gasteiger partial charge >= 0.3 is 5.97 Å². The molecule has 1 aromatic rings. The van der Waals surface area contributed by atoms with Gasteiger partial charge in [-0.25, -0.2) is 4.98 Å². The standard InChI is InChI=1S/C27H44N2O3/c1-3-4-5-6-7-8-9-10-11-12-13-14-15-16-17-18-27(31)32-23-25(19-20-30)21-26-22-28-24-29(26)2/h7-8,10-11,20,22,24-25H,3-6,9,12-19,21,23H2,1-2H3/b8-7-,11-10-. The maximum atomic E-state index is 12.0. The smallest absolute Gasteiger partial charge is 0.305 e. The Bertz CT molecular complexity index is 664. The molecule has 180 valence electrons. The van der Waals surface area contributed by atoms with Crippen molar-refractivity contribution in [3.05, 3.63) is 42.5 Å². The van der Waals surface area contributed by atoms with Gasteiger partial charge in [0, 0.05) is 37.7 Å². The van der Waals surface area contributed by atoms with Gasteiger partial charge in [0.15, 0.2) is 0 Å². The highest BCUT2D eigenvalue weighted by molar-refractivity contribution is 5.69. The zero-order valence-corrected chi connectivity index (χ0v) is 20.3. The number of carbonyl (C=O) groups excluding carboxylic acids is 2. The molecule has 1 atom stereocenters. The van der Waals surface area contributed by atoms with Crippen LogP contribution in [0.15, 0.2) is 36.8 Å². The minimum Gasteiger partial charge on any atom is -0.465 e. The molecule has 0 spiro atoms. The summed E-state index contributed by atoms with van der Waals surface area (Å²) in [5, 5.41) is 0. The number of esters is 1. The maximum absolute atomic E-state index is 12.0. The molecule has 1 heterocycles. The Balaban J connectivity index is 2.00. The summed E-state index contributed by atoms with van der Waals surface area (Å²) in [5.74, 6) is -0.145. The van der Waals surface area contributed by atoms with Gasteiger partial charge in [-0.05, 0) is 44.9 Å². The first-order chi connectivity index (χ1) is 15.7. The van der Waals surface area contributed by atoms with Crippen LogP contribution in [0, 0.1) is 5.92 Å². The molecule has 0 aliphatic rings. The summed E-state index contributed by atoms with van der Waals surface area (Å²) < 4.78 is 7.35. The SMILES string of the molecule is CCCCC/C=C\C/C=C\CCCCCCCC(=O)OCC(CC=O)Cc1cncn1C. The lowest BCUT2D eigenvalue weighted by molar-refractivity contribution is -0.145. The van der Waals surface area contributed by atoms with Crippen molar-refractivity contribution in [2.45, 2.75) is 96.8 Å². The van der Waals surface area contributed by atoms with Gasteiger partial charge in [-0.1, -0.05) is 63.3 Å². The van der Waals surface area contributed by atoms with Crippen LogP contribution in [0.5, 0.6) is 0 Å². The normalized spacial score (nSPS) is 12.6. The van der Waals surface area contributed by atoms with Crippen LogP contribution in [0.25, 0.3) is 0 Å². The van der Waals surface area contributed by atoms with Crippen LogP contribution in [0.2, 0.25) is 0 Å². The molecule has 5 heteroatoms. The summed E-state index contributed by atoms with van der Waals surface area (Å²) in [7, 11) is 1.93. The molecule has 0 bridgehead atoms. The number of hydrogen-bond acceptors (Lipinski definition) is 4. The monoisotopic (exact) mass is 444 g/mol. The molecular weight excluding hydrogens is 400 g/mol. The molecule has 0 N–H and O–H groups in total. The second-order valence-electron chi connectivity index (χ2n) is 8.63. The van der Waals surface area contributed by atoms with Gasteiger partial charge in [-0.15, -0.1) is 0 Å². The average molecular weight is 445 g/mol. The number of unbranched alkanes of at least 4 members (excludes halogenated alkanes) is 8. The minimum atomic E-state index is -0.156. The number of allylic oxidation sites excluding steroid dienone is 4. The van der Waals surface area contributed by atoms with Crippen molar-refractivity contribution in [3.63, 3.8) is 0 Å². The van der Waals surface area contributed by atoms with Crippen LogP contribution in [0.4, 0.5) is 0 Å². The van der Waals surface area contributed by atoms with Crippen LogP contribution in [0.3, 0.4) is 0 Å². The molecule has 0 aliphatic heterocycles. The summed E-state index contributed by atoms with van der Waals surface area (Å²) in [4.78, 5) is 27.0. The van der Waals surface area contributed by atoms with Crippen molar-refractivity contribution in [1.82, 2.24) is 9.55 Å². The van der Waals surface area contributed by atoms with Gasteiger partial charge in [0.2, 0.25) is 0 Å². The van der Waals surface area contributed by atoms with Crippen molar-refractivity contribution < 1.29 is 14.3 Å². The van der Waals surface area contributed by atoms with Crippen LogP contribution in [-0.2, 0) is 27.8 Å². The molecule has 1 rings (SSSR count). The summed E-state index contributed by atoms with van der Waals surface area (Å²) in [5.41, 5.74) is 1.04. The number of aromatic nitrogens is 2. The molecule has 0 fully saturated rings. The molecule has 5 nitrogen and oxygen atoms in total. The third-order valence-corrected chi connectivity index (χ3v) is 5.66. The van der Waals surface area contributed by atoms with E-state index >= 15 is 0 Å². The minimum absolute atomic E-state index is 0.0106. The first-order valence-corrected chi connectivity index (χ1v) is 12.5. The number of aldehydes is 1. The van der Waals surface area contributed by atoms with E-state index in [-0.39, 0.29) is 11.9 Å². The second kappa shape index (κ2) is 19.5. The molecule has 1 aromatic heterocycles. The van der Waals surface area contributed by atoms with Gasteiger partial charge in [0.25, 0.3) is 0 Å². The molecule has 32 heavy (non-hydrogen) atoms. The third-order valence-electron chi connectivity index (χ3n) is 5.66. The quantitative estimate of drug-likeness (QED) is 0.0993. The zero-order valence-electron chi connectivity index (χ0n) is 20.3. The Morgan fingerprint density at radius 2 is 1.72 bits per heavy atom. The largest absolute Gasteiger partial charge is 0.465 e. The van der Waals surface area contributed by atoms with E-state index in [0.29, 0.717) is 25.9 Å². The Kier molecular flexibility index (Phi) is 17.0. The fourth-order valence-corrected chi connectivity index (χ4v) is 3.59. The Labute approximate surface area is 195 Å². The number of rotatable bonds is 20. The molecular formula is C27H44N2O3. The lowest BCUT2D eigenvalue weighted by atomic mass is 10.0. The highest BCUT2D eigenvalue weighted by Gasteiger charge is 2.14. The summed E-state index contributed by atoms with van der Waals surface area (Å²) >= 11 is 0. The Morgan fingerprint density at radius 3 is 2.38 bits per heavy atom. The predicted molar refractivity (Wildman–Crippen MR) is 131 cm³/mol. The van der Waals surface area contributed by atoms with E-state index in [4.69, 9.17) is 4.74 Å². The molecule has 0 amide bonds. The van der Waals surface area contributed by atoms with Gasteiger partial charge in [-0.2, -0.15) is 0 Å². The van der Waals surface area contributed by atoms with E-state index in [1.807, 2.05) is 11.6 Å². The fraction of sp³-hybridized carbons (Fsp3) is 0.667. The zero-order chi connectivity index (χ0) is 23.3. The van der Waals surface area contributed by atoms with Gasteiger partial charge < -0.3 is 14.1 Å². The topological polar surface area (TPSA) is 61.2 Å². The first kappa shape index (κ1) is 27.9. The van der Waals surface area contributed by atoms with E-state index in [0.717, 1.165) is 44.1 Å². The number of nitrogens with zero attached hydrogens (tertiary/aromatic N) is 2. The highest BCUT2D eigenvalue weighted by atomic mass is 16.5. The molecule has 0 aliphatic carbocycles. The van der Waals surface area contributed by atoms with Crippen molar-refractivity contribution in [2.24, 2.45) is 13.0 Å². The second-order valence-corrected chi connectivity index (χ2v) is 8.63. The summed E-state index contributed by atoms with van der Waals surface area (Å²) in [6.45, 7) is 2.53. The Morgan fingerprint density at radius 1 is 1.03 bits per heavy atom. The van der Waals surface area contributed by atoms with Crippen molar-refractivity contribution >= 4 is 12.3 Å². The number of imidazole rings is 1. The molecule has 1 unspecified atom stereocenters. The Hall–Kier alpha value is -2.17. The van der Waals surface area contributed by atoms with Crippen molar-refractivity contribution in [1.29, 1.82) is 0 Å². The molecule has 0 saturated heterocycles. The lowest BCUT2D eigenvalue weighted by Gasteiger charge is -2.14. The van der Waals surface area contributed by atoms with Crippen molar-refractivity contribution in [3.8, 4) is 0 Å². The molecule has 0 aromatic carbocycles. The number of hydrogen-bond donors (Lipinski definition) is 0. The van der Waals surface area contributed by atoms with Crippen LogP contribution in [-0.4, -0.2) is 28.4 Å². The van der Waals surface area contributed by atoms with Crippen LogP contribution < -0.4 is 0 Å². The number of ether oxygens (including phenoxy) is 1. The molecule has 0 radical (unpaired) electrons. The maximum Gasteiger partial charge on any atom is 0.305 e. The van der Waals surface area contributed by atoms with Crippen LogP contribution in [0.1, 0.15) is 96.1 Å². The first-order valence-electron chi connectivity index (χ1n) is 12.5. The summed E-state index contributed by atoms with van der Waals surface area (Å²) in [6, 6.07) is 0. The number of carbonyl (C=O) groups is 2. The van der Waals surface area contributed by atoms with Crippen molar-refractivity contribution in [2.75, 3.05) is 6.61 Å². The van der Waals surface area contributed by atoms with E-state index < -0.39 is 0 Å². The lowest BCUT2D eigenvalue weighted by Crippen LogP contribution is -2.18. The predicted octanol–water partition coefficient (Wildman–Crippen LogP) is 6.52. The van der Waals surface area contributed by atoms with E-state index in [1.165, 1.54) is 38.5 Å². The van der Waals surface area contributed by atoms with E-state index in [1.54, 1.807) is 12.5 Å². The van der Waals surface area contributed by atoms with Crippen LogP contribution >= 0.6 is 0 Å². The van der Waals surface area contributed by atoms with Gasteiger partial charge in [0.1, 0.15) is 6.29 Å². The summed E-state index contributed by atoms with van der Waals surface area (Å²) in [6.07, 6.45) is 27.9. The number of aryl methyl sites for hydroxylation is 1. The highest BCUT2D eigenvalue weighted by Crippen LogP contribution is 2.13. The average Bonchev–Trinajstić information content (AvgIpc) is 3.19.